The molecule has 1 unspecified atom stereocenters. The summed E-state index contributed by atoms with van der Waals surface area (Å²) in [4.78, 5) is 17.3. The highest BCUT2D eigenvalue weighted by atomic mass is 16.1. The smallest absolute Gasteiger partial charge is 0.251 e. The predicted molar refractivity (Wildman–Crippen MR) is 131 cm³/mol. The molecule has 1 atom stereocenters. The van der Waals surface area contributed by atoms with Crippen molar-refractivity contribution in [3.8, 4) is 22.3 Å². The third-order valence-corrected chi connectivity index (χ3v) is 5.61. The normalized spacial score (nSPS) is 11.7. The van der Waals surface area contributed by atoms with Crippen molar-refractivity contribution >= 4 is 5.91 Å². The van der Waals surface area contributed by atoms with Crippen LogP contribution in [0.25, 0.3) is 22.3 Å². The Morgan fingerprint density at radius 3 is 2.00 bits per heavy atom. The van der Waals surface area contributed by atoms with Crippen LogP contribution in [0.2, 0.25) is 0 Å². The first-order valence-corrected chi connectivity index (χ1v) is 11.1. The molecule has 0 saturated carbocycles. The lowest BCUT2D eigenvalue weighted by Crippen LogP contribution is -2.32. The van der Waals surface area contributed by atoms with Crippen molar-refractivity contribution in [3.05, 3.63) is 115 Å². The van der Waals surface area contributed by atoms with Crippen LogP contribution in [0.4, 0.5) is 0 Å². The molecule has 0 fully saturated rings. The Morgan fingerprint density at radius 2 is 1.44 bits per heavy atom. The summed E-state index contributed by atoms with van der Waals surface area (Å²) in [6.45, 7) is 2.07. The third kappa shape index (κ3) is 5.70. The molecule has 32 heavy (non-hydrogen) atoms. The standard InChI is InChI=1S/C29H28N2O/c1-22(10-8-11-23-12-9-17-30-21-23)31-29(32)28-19-26(24-13-4-2-5-14-24)18-27(20-28)25-15-6-3-7-16-25/h2-7,9,12-22H,8,10-11H2,1H3,(H,31,32). The predicted octanol–water partition coefficient (Wildman–Crippen LogP) is 6.56. The molecule has 3 heteroatoms. The molecule has 0 aliphatic heterocycles. The number of nitrogens with zero attached hydrogens (tertiary/aromatic N) is 1. The number of aromatic nitrogens is 1. The lowest BCUT2D eigenvalue weighted by molar-refractivity contribution is 0.0938. The lowest BCUT2D eigenvalue weighted by atomic mass is 9.95. The minimum absolute atomic E-state index is 0.0335. The Bertz CT molecular complexity index is 1080. The van der Waals surface area contributed by atoms with Crippen molar-refractivity contribution in [1.29, 1.82) is 0 Å². The second kappa shape index (κ2) is 10.5. The number of benzene rings is 3. The molecule has 3 aromatic carbocycles. The number of pyridine rings is 1. The van der Waals surface area contributed by atoms with Crippen LogP contribution in [0.5, 0.6) is 0 Å². The first kappa shape index (κ1) is 21.5. The molecule has 160 valence electrons. The maximum atomic E-state index is 13.1. The fourth-order valence-electron chi connectivity index (χ4n) is 3.89. The molecule has 1 aromatic heterocycles. The Morgan fingerprint density at radius 1 is 0.812 bits per heavy atom. The van der Waals surface area contributed by atoms with Gasteiger partial charge in [-0.2, -0.15) is 0 Å². The van der Waals surface area contributed by atoms with Crippen LogP contribution in [0.1, 0.15) is 35.7 Å². The van der Waals surface area contributed by atoms with Gasteiger partial charge in [0, 0.05) is 24.0 Å². The van der Waals surface area contributed by atoms with E-state index in [1.165, 1.54) is 5.56 Å². The van der Waals surface area contributed by atoms with E-state index in [9.17, 15) is 4.79 Å². The summed E-state index contributed by atoms with van der Waals surface area (Å²) in [5.41, 5.74) is 6.20. The first-order valence-electron chi connectivity index (χ1n) is 11.1. The van der Waals surface area contributed by atoms with Gasteiger partial charge in [-0.15, -0.1) is 0 Å². The maximum absolute atomic E-state index is 13.1. The van der Waals surface area contributed by atoms with Gasteiger partial charge in [-0.25, -0.2) is 0 Å². The summed E-state index contributed by atoms with van der Waals surface area (Å²) in [6.07, 6.45) is 6.59. The average Bonchev–Trinajstić information content (AvgIpc) is 2.85. The molecule has 0 radical (unpaired) electrons. The van der Waals surface area contributed by atoms with E-state index in [0.717, 1.165) is 41.5 Å². The number of hydrogen-bond acceptors (Lipinski definition) is 2. The summed E-state index contributed by atoms with van der Waals surface area (Å²) >= 11 is 0. The number of rotatable bonds is 8. The average molecular weight is 421 g/mol. The van der Waals surface area contributed by atoms with Crippen molar-refractivity contribution in [1.82, 2.24) is 10.3 Å². The summed E-state index contributed by atoms with van der Waals surface area (Å²) in [5, 5.41) is 3.19. The van der Waals surface area contributed by atoms with Crippen LogP contribution in [0.15, 0.2) is 103 Å². The zero-order valence-corrected chi connectivity index (χ0v) is 18.4. The topological polar surface area (TPSA) is 42.0 Å². The van der Waals surface area contributed by atoms with Gasteiger partial charge in [0.1, 0.15) is 0 Å². The summed E-state index contributed by atoms with van der Waals surface area (Å²) in [5.74, 6) is -0.0335. The monoisotopic (exact) mass is 420 g/mol. The van der Waals surface area contributed by atoms with Crippen LogP contribution in [-0.2, 0) is 6.42 Å². The van der Waals surface area contributed by atoms with E-state index in [1.807, 2.05) is 60.8 Å². The number of carbonyl (C=O) groups is 1. The van der Waals surface area contributed by atoms with Gasteiger partial charge in [0.25, 0.3) is 5.91 Å². The van der Waals surface area contributed by atoms with Crippen LogP contribution in [0.3, 0.4) is 0 Å². The van der Waals surface area contributed by atoms with E-state index in [0.29, 0.717) is 5.56 Å². The fraction of sp³-hybridized carbons (Fsp3) is 0.172. The van der Waals surface area contributed by atoms with Gasteiger partial charge < -0.3 is 5.32 Å². The van der Waals surface area contributed by atoms with E-state index in [2.05, 4.69) is 53.6 Å². The molecule has 0 saturated heterocycles. The zero-order valence-electron chi connectivity index (χ0n) is 18.4. The molecule has 0 bridgehead atoms. The number of nitrogens with one attached hydrogen (secondary N) is 1. The summed E-state index contributed by atoms with van der Waals surface area (Å²) < 4.78 is 0. The summed E-state index contributed by atoms with van der Waals surface area (Å²) in [6, 6.07) is 30.7. The highest BCUT2D eigenvalue weighted by Gasteiger charge is 2.13. The second-order valence-corrected chi connectivity index (χ2v) is 8.16. The Labute approximate surface area is 190 Å². The third-order valence-electron chi connectivity index (χ3n) is 5.61. The molecule has 0 spiro atoms. The van der Waals surface area contributed by atoms with E-state index in [-0.39, 0.29) is 11.9 Å². The second-order valence-electron chi connectivity index (χ2n) is 8.16. The molecule has 3 nitrogen and oxygen atoms in total. The first-order chi connectivity index (χ1) is 15.7. The molecule has 4 rings (SSSR count). The Balaban J connectivity index is 1.50. The van der Waals surface area contributed by atoms with E-state index in [4.69, 9.17) is 0 Å². The van der Waals surface area contributed by atoms with Gasteiger partial charge in [0.2, 0.25) is 0 Å². The minimum Gasteiger partial charge on any atom is -0.350 e. The molecular weight excluding hydrogens is 392 g/mol. The highest BCUT2D eigenvalue weighted by molar-refractivity contribution is 5.97. The van der Waals surface area contributed by atoms with Crippen molar-refractivity contribution in [2.24, 2.45) is 0 Å². The fourth-order valence-corrected chi connectivity index (χ4v) is 3.89. The van der Waals surface area contributed by atoms with Crippen molar-refractivity contribution < 1.29 is 4.79 Å². The molecule has 4 aromatic rings. The minimum atomic E-state index is -0.0335. The number of hydrogen-bond donors (Lipinski definition) is 1. The Kier molecular flexibility index (Phi) is 7.08. The van der Waals surface area contributed by atoms with Crippen LogP contribution < -0.4 is 5.32 Å². The number of aryl methyl sites for hydroxylation is 1. The van der Waals surface area contributed by atoms with Crippen LogP contribution >= 0.6 is 0 Å². The van der Waals surface area contributed by atoms with Gasteiger partial charge in [0.15, 0.2) is 0 Å². The van der Waals surface area contributed by atoms with Crippen LogP contribution in [0, 0.1) is 0 Å². The van der Waals surface area contributed by atoms with Crippen molar-refractivity contribution in [3.63, 3.8) is 0 Å². The van der Waals surface area contributed by atoms with Gasteiger partial charge >= 0.3 is 0 Å². The quantitative estimate of drug-likeness (QED) is 0.351. The van der Waals surface area contributed by atoms with E-state index < -0.39 is 0 Å². The van der Waals surface area contributed by atoms with Crippen molar-refractivity contribution in [2.45, 2.75) is 32.2 Å². The van der Waals surface area contributed by atoms with Gasteiger partial charge in [-0.3, -0.25) is 9.78 Å². The van der Waals surface area contributed by atoms with Gasteiger partial charge in [-0.1, -0.05) is 66.7 Å². The SMILES string of the molecule is CC(CCCc1cccnc1)NC(=O)c1cc(-c2ccccc2)cc(-c2ccccc2)c1. The summed E-state index contributed by atoms with van der Waals surface area (Å²) in [7, 11) is 0. The molecule has 1 heterocycles. The Hall–Kier alpha value is -3.72. The number of carbonyl (C=O) groups excluding carboxylic acids is 1. The zero-order chi connectivity index (χ0) is 22.2. The molecule has 0 aliphatic carbocycles. The van der Waals surface area contributed by atoms with Crippen molar-refractivity contribution in [2.75, 3.05) is 0 Å². The van der Waals surface area contributed by atoms with Gasteiger partial charge in [-0.05, 0) is 78.3 Å². The molecule has 0 aliphatic rings. The lowest BCUT2D eigenvalue weighted by Gasteiger charge is -2.16. The molecule has 1 N–H and O–H groups in total. The van der Waals surface area contributed by atoms with E-state index in [1.54, 1.807) is 6.20 Å². The van der Waals surface area contributed by atoms with Crippen LogP contribution in [-0.4, -0.2) is 16.9 Å². The maximum Gasteiger partial charge on any atom is 0.251 e. The van der Waals surface area contributed by atoms with Gasteiger partial charge in [0.05, 0.1) is 0 Å². The van der Waals surface area contributed by atoms with E-state index >= 15 is 0 Å². The number of amides is 1. The largest absolute Gasteiger partial charge is 0.350 e. The highest BCUT2D eigenvalue weighted by Crippen LogP contribution is 2.28. The molecular formula is C29H28N2O. The molecule has 1 amide bonds.